The first kappa shape index (κ1) is 22.8. The predicted octanol–water partition coefficient (Wildman–Crippen LogP) is 10.4. The van der Waals surface area contributed by atoms with Crippen LogP contribution in [0, 0.1) is 0 Å². The maximum atomic E-state index is 2.41. The molecule has 0 saturated carbocycles. The Morgan fingerprint density at radius 3 is 1.54 bits per heavy atom. The molecule has 0 N–H and O–H groups in total. The van der Waals surface area contributed by atoms with Crippen molar-refractivity contribution in [1.82, 2.24) is 9.13 Å². The van der Waals surface area contributed by atoms with E-state index in [1.807, 2.05) is 11.8 Å². The van der Waals surface area contributed by atoms with E-state index in [4.69, 9.17) is 0 Å². The molecule has 0 spiro atoms. The maximum Gasteiger partial charge on any atom is 0.0601 e. The van der Waals surface area contributed by atoms with Gasteiger partial charge in [-0.1, -0.05) is 72.4 Å². The van der Waals surface area contributed by atoms with Crippen LogP contribution >= 0.6 is 11.8 Å². The topological polar surface area (TPSA) is 13.1 Å². The highest BCUT2D eigenvalue weighted by atomic mass is 32.2. The summed E-state index contributed by atoms with van der Waals surface area (Å²) in [5.41, 5.74) is 9.72. The molecule has 1 aliphatic heterocycles. The molecule has 2 aromatic heterocycles. The summed E-state index contributed by atoms with van der Waals surface area (Å²) in [5, 5.41) is 5.08. The fourth-order valence-corrected chi connectivity index (χ4v) is 7.71. The van der Waals surface area contributed by atoms with Crippen LogP contribution < -0.4 is 4.90 Å². The molecular formula is C37H25N3S. The second kappa shape index (κ2) is 8.53. The molecule has 0 atom stereocenters. The Balaban J connectivity index is 1.30. The summed E-state index contributed by atoms with van der Waals surface area (Å²) in [6.45, 7) is 0. The summed E-state index contributed by atoms with van der Waals surface area (Å²) in [7, 11) is 2.17. The second-order valence-corrected chi connectivity index (χ2v) is 11.8. The first-order chi connectivity index (χ1) is 20.3. The molecule has 0 bridgehead atoms. The Bertz CT molecular complexity index is 2220. The van der Waals surface area contributed by atoms with Crippen LogP contribution in [0.1, 0.15) is 0 Å². The largest absolute Gasteiger partial charge is 0.344 e. The molecule has 0 amide bonds. The van der Waals surface area contributed by atoms with Gasteiger partial charge >= 0.3 is 0 Å². The smallest absolute Gasteiger partial charge is 0.0601 e. The van der Waals surface area contributed by atoms with Crippen LogP contribution in [0.5, 0.6) is 0 Å². The number of aromatic nitrogens is 2. The number of para-hydroxylation sites is 4. The van der Waals surface area contributed by atoms with E-state index in [0.717, 1.165) is 0 Å². The molecular weight excluding hydrogens is 518 g/mol. The highest BCUT2D eigenvalue weighted by Gasteiger charge is 2.25. The number of benzene rings is 6. The maximum absolute atomic E-state index is 2.41. The molecule has 9 rings (SSSR count). The van der Waals surface area contributed by atoms with Crippen LogP contribution in [-0.2, 0) is 7.05 Å². The van der Waals surface area contributed by atoms with Gasteiger partial charge in [0, 0.05) is 60.8 Å². The van der Waals surface area contributed by atoms with E-state index < -0.39 is 0 Å². The Morgan fingerprint density at radius 2 is 0.927 bits per heavy atom. The molecule has 3 heterocycles. The number of nitrogens with zero attached hydrogens (tertiary/aromatic N) is 3. The summed E-state index contributed by atoms with van der Waals surface area (Å²) in [6, 6.07) is 48.7. The SMILES string of the molecule is Cn1c2ccc(N3c4ccccc4Sc4ccccc43)cc2c2cc(-n3c4ccccc4c4ccccc43)ccc21. The van der Waals surface area contributed by atoms with Gasteiger partial charge in [0.25, 0.3) is 0 Å². The summed E-state index contributed by atoms with van der Waals surface area (Å²) in [4.78, 5) is 4.96. The monoisotopic (exact) mass is 543 g/mol. The summed E-state index contributed by atoms with van der Waals surface area (Å²) >= 11 is 1.84. The van der Waals surface area contributed by atoms with E-state index in [0.29, 0.717) is 0 Å². The van der Waals surface area contributed by atoms with Crippen LogP contribution in [0.4, 0.5) is 17.1 Å². The normalized spacial score (nSPS) is 12.9. The van der Waals surface area contributed by atoms with E-state index >= 15 is 0 Å². The van der Waals surface area contributed by atoms with Gasteiger partial charge in [-0.15, -0.1) is 0 Å². The number of hydrogen-bond acceptors (Lipinski definition) is 2. The van der Waals surface area contributed by atoms with Crippen LogP contribution in [0.15, 0.2) is 143 Å². The average Bonchev–Trinajstić information content (AvgIpc) is 3.51. The zero-order valence-corrected chi connectivity index (χ0v) is 23.3. The fourth-order valence-electron chi connectivity index (χ4n) is 6.66. The Kier molecular flexibility index (Phi) is 4.75. The quantitative estimate of drug-likeness (QED) is 0.215. The number of rotatable bonds is 2. The average molecular weight is 544 g/mol. The number of aryl methyl sites for hydroxylation is 1. The van der Waals surface area contributed by atoms with Crippen molar-refractivity contribution >= 4 is 72.4 Å². The third-order valence-corrected chi connectivity index (χ3v) is 9.63. The van der Waals surface area contributed by atoms with E-state index in [1.165, 1.54) is 76.2 Å². The van der Waals surface area contributed by atoms with Gasteiger partial charge in [0.1, 0.15) is 0 Å². The second-order valence-electron chi connectivity index (χ2n) is 10.7. The van der Waals surface area contributed by atoms with E-state index in [9.17, 15) is 0 Å². The van der Waals surface area contributed by atoms with Crippen LogP contribution in [0.25, 0.3) is 49.3 Å². The molecule has 0 unspecified atom stereocenters. The molecule has 4 heteroatoms. The van der Waals surface area contributed by atoms with Crippen LogP contribution in [-0.4, -0.2) is 9.13 Å². The van der Waals surface area contributed by atoms with Gasteiger partial charge in [-0.25, -0.2) is 0 Å². The van der Waals surface area contributed by atoms with Gasteiger partial charge < -0.3 is 14.0 Å². The van der Waals surface area contributed by atoms with Crippen molar-refractivity contribution in [3.8, 4) is 5.69 Å². The molecule has 8 aromatic rings. The zero-order chi connectivity index (χ0) is 27.1. The lowest BCUT2D eigenvalue weighted by molar-refractivity contribution is 1.01. The van der Waals surface area contributed by atoms with Gasteiger partial charge in [0.15, 0.2) is 0 Å². The summed E-state index contributed by atoms with van der Waals surface area (Å²) in [6.07, 6.45) is 0. The lowest BCUT2D eigenvalue weighted by atomic mass is 10.1. The standard InChI is InChI=1S/C37H25N3S/c1-38-30-20-18-24(39-32-12-4-2-10-26(32)27-11-3-5-13-33(27)39)22-28(30)29-23-25(19-21-31(29)38)40-34-14-6-8-16-36(34)41-37-17-9-7-15-35(37)40/h2-23H,1H3. The number of fused-ring (bicyclic) bond motifs is 8. The van der Waals surface area contributed by atoms with Crippen molar-refractivity contribution in [3.05, 3.63) is 133 Å². The van der Waals surface area contributed by atoms with Crippen molar-refractivity contribution in [2.75, 3.05) is 4.90 Å². The molecule has 0 fully saturated rings. The van der Waals surface area contributed by atoms with E-state index in [-0.39, 0.29) is 0 Å². The van der Waals surface area contributed by atoms with Gasteiger partial charge in [0.05, 0.1) is 22.4 Å². The zero-order valence-electron chi connectivity index (χ0n) is 22.5. The third kappa shape index (κ3) is 3.22. The highest BCUT2D eigenvalue weighted by molar-refractivity contribution is 7.99. The van der Waals surface area contributed by atoms with Crippen molar-refractivity contribution in [2.24, 2.45) is 7.05 Å². The molecule has 0 radical (unpaired) electrons. The van der Waals surface area contributed by atoms with Crippen molar-refractivity contribution in [3.63, 3.8) is 0 Å². The molecule has 1 aliphatic rings. The van der Waals surface area contributed by atoms with Gasteiger partial charge in [0.2, 0.25) is 0 Å². The molecule has 6 aromatic carbocycles. The minimum absolute atomic E-state index is 1.17. The first-order valence-corrected chi connectivity index (χ1v) is 14.7. The van der Waals surface area contributed by atoms with Crippen molar-refractivity contribution in [1.29, 1.82) is 0 Å². The Hall–Kier alpha value is -4.93. The Labute approximate surface area is 241 Å². The number of hydrogen-bond donors (Lipinski definition) is 0. The van der Waals surface area contributed by atoms with E-state index in [1.54, 1.807) is 0 Å². The molecule has 0 aliphatic carbocycles. The molecule has 41 heavy (non-hydrogen) atoms. The first-order valence-electron chi connectivity index (χ1n) is 13.9. The minimum Gasteiger partial charge on any atom is -0.344 e. The molecule has 194 valence electrons. The van der Waals surface area contributed by atoms with Crippen LogP contribution in [0.2, 0.25) is 0 Å². The molecule has 0 saturated heterocycles. The summed E-state index contributed by atoms with van der Waals surface area (Å²) < 4.78 is 4.72. The summed E-state index contributed by atoms with van der Waals surface area (Å²) in [5.74, 6) is 0. The molecule has 3 nitrogen and oxygen atoms in total. The van der Waals surface area contributed by atoms with Crippen LogP contribution in [0.3, 0.4) is 0 Å². The van der Waals surface area contributed by atoms with Crippen molar-refractivity contribution in [2.45, 2.75) is 9.79 Å². The van der Waals surface area contributed by atoms with Gasteiger partial charge in [-0.2, -0.15) is 0 Å². The Morgan fingerprint density at radius 1 is 0.439 bits per heavy atom. The van der Waals surface area contributed by atoms with Crippen molar-refractivity contribution < 1.29 is 0 Å². The fraction of sp³-hybridized carbons (Fsp3) is 0.0270. The minimum atomic E-state index is 1.17. The highest BCUT2D eigenvalue weighted by Crippen LogP contribution is 2.51. The lowest BCUT2D eigenvalue weighted by Gasteiger charge is -2.32. The van der Waals surface area contributed by atoms with E-state index in [2.05, 4.69) is 155 Å². The third-order valence-electron chi connectivity index (χ3n) is 8.50. The number of anilines is 3. The van der Waals surface area contributed by atoms with Gasteiger partial charge in [-0.3, -0.25) is 0 Å². The lowest BCUT2D eigenvalue weighted by Crippen LogP contribution is -2.14. The van der Waals surface area contributed by atoms with Gasteiger partial charge in [-0.05, 0) is 72.8 Å². The predicted molar refractivity (Wildman–Crippen MR) is 174 cm³/mol.